The minimum absolute atomic E-state index is 0.231. The van der Waals surface area contributed by atoms with E-state index in [4.69, 9.17) is 0 Å². The number of pyridine rings is 1. The summed E-state index contributed by atoms with van der Waals surface area (Å²) < 4.78 is 53.2. The van der Waals surface area contributed by atoms with E-state index in [0.717, 1.165) is 12.5 Å². The van der Waals surface area contributed by atoms with Gasteiger partial charge in [-0.2, -0.15) is 16.8 Å². The van der Waals surface area contributed by atoms with Crippen molar-refractivity contribution in [3.05, 3.63) is 30.1 Å². The van der Waals surface area contributed by atoms with Crippen molar-refractivity contribution in [2.75, 3.05) is 25.7 Å². The van der Waals surface area contributed by atoms with E-state index in [1.54, 1.807) is 18.2 Å². The van der Waals surface area contributed by atoms with E-state index in [2.05, 4.69) is 13.4 Å². The lowest BCUT2D eigenvalue weighted by Gasteiger charge is -2.15. The molecule has 108 valence electrons. The molecule has 0 fully saturated rings. The Bertz CT molecular complexity index is 560. The molecule has 0 unspecified atom stereocenters. The Morgan fingerprint density at radius 3 is 1.95 bits per heavy atom. The van der Waals surface area contributed by atoms with Crippen LogP contribution in [0.25, 0.3) is 0 Å². The molecule has 0 atom stereocenters. The highest BCUT2D eigenvalue weighted by Gasteiger charge is 2.18. The van der Waals surface area contributed by atoms with Gasteiger partial charge in [-0.25, -0.2) is 0 Å². The fourth-order valence-corrected chi connectivity index (χ4v) is 2.07. The van der Waals surface area contributed by atoms with Crippen molar-refractivity contribution in [3.63, 3.8) is 0 Å². The third kappa shape index (κ3) is 7.21. The molecule has 19 heavy (non-hydrogen) atoms. The summed E-state index contributed by atoms with van der Waals surface area (Å²) in [6, 6.07) is 5.04. The van der Waals surface area contributed by atoms with E-state index in [1.807, 2.05) is 0 Å². The lowest BCUT2D eigenvalue weighted by molar-refractivity contribution is 0.226. The Kier molecular flexibility index (Phi) is 5.41. The van der Waals surface area contributed by atoms with Crippen LogP contribution in [0.2, 0.25) is 0 Å². The van der Waals surface area contributed by atoms with Crippen LogP contribution in [0.3, 0.4) is 0 Å². The molecule has 0 aliphatic rings. The van der Waals surface area contributed by atoms with E-state index < -0.39 is 26.2 Å². The molecule has 7 nitrogen and oxygen atoms in total. The second kappa shape index (κ2) is 6.42. The summed E-state index contributed by atoms with van der Waals surface area (Å²) in [4.78, 5) is 4.03. The van der Waals surface area contributed by atoms with Gasteiger partial charge in [0.15, 0.2) is 0 Å². The molecule has 0 amide bonds. The number of hydrogen-bond acceptors (Lipinski definition) is 7. The highest BCUT2D eigenvalue weighted by atomic mass is 32.2. The van der Waals surface area contributed by atoms with Crippen LogP contribution in [-0.2, 0) is 28.6 Å². The van der Waals surface area contributed by atoms with Crippen molar-refractivity contribution < 1.29 is 25.2 Å². The van der Waals surface area contributed by atoms with E-state index in [-0.39, 0.29) is 13.2 Å². The minimum atomic E-state index is -3.61. The van der Waals surface area contributed by atoms with Crippen LogP contribution in [-0.4, -0.2) is 47.5 Å². The number of hydrogen-bond donors (Lipinski definition) is 0. The van der Waals surface area contributed by atoms with Gasteiger partial charge in [-0.15, -0.1) is 0 Å². The Labute approximate surface area is 112 Å². The summed E-state index contributed by atoms with van der Waals surface area (Å²) in [5.74, 6) is -0.592. The van der Waals surface area contributed by atoms with Gasteiger partial charge in [0.05, 0.1) is 31.6 Å². The highest BCUT2D eigenvalue weighted by molar-refractivity contribution is 7.86. The first-order valence-corrected chi connectivity index (χ1v) is 8.90. The first kappa shape index (κ1) is 16.0. The molecule has 0 radical (unpaired) electrons. The Balaban J connectivity index is 2.79. The molecule has 0 aliphatic carbocycles. The molecule has 0 saturated heterocycles. The van der Waals surface area contributed by atoms with E-state index in [1.165, 1.54) is 6.20 Å². The maximum absolute atomic E-state index is 11.0. The lowest BCUT2D eigenvalue weighted by atomic mass is 10.1. The molecule has 0 bridgehead atoms. The van der Waals surface area contributed by atoms with Crippen molar-refractivity contribution in [2.45, 2.75) is 5.92 Å². The molecule has 0 N–H and O–H groups in total. The second-order valence-corrected chi connectivity index (χ2v) is 7.22. The molecule has 1 rings (SSSR count). The van der Waals surface area contributed by atoms with Gasteiger partial charge < -0.3 is 0 Å². The molecule has 1 heterocycles. The molecule has 9 heteroatoms. The molecule has 0 aromatic carbocycles. The Morgan fingerprint density at radius 2 is 1.58 bits per heavy atom. The van der Waals surface area contributed by atoms with Gasteiger partial charge in [0.1, 0.15) is 0 Å². The summed E-state index contributed by atoms with van der Waals surface area (Å²) in [5, 5.41) is 0. The molecule has 1 aromatic rings. The van der Waals surface area contributed by atoms with Crippen LogP contribution in [0.5, 0.6) is 0 Å². The Hall–Kier alpha value is -1.03. The van der Waals surface area contributed by atoms with Crippen LogP contribution in [0, 0.1) is 0 Å². The smallest absolute Gasteiger partial charge is 0.264 e. The van der Waals surface area contributed by atoms with Gasteiger partial charge in [-0.1, -0.05) is 6.07 Å². The van der Waals surface area contributed by atoms with E-state index in [0.29, 0.717) is 5.69 Å². The zero-order valence-corrected chi connectivity index (χ0v) is 12.1. The lowest BCUT2D eigenvalue weighted by Crippen LogP contribution is -2.19. The third-order valence-corrected chi connectivity index (χ3v) is 3.20. The third-order valence-electron chi connectivity index (χ3n) is 2.07. The summed E-state index contributed by atoms with van der Waals surface area (Å²) in [6.45, 7) is -0.462. The predicted molar refractivity (Wildman–Crippen MR) is 68.6 cm³/mol. The average Bonchev–Trinajstić information content (AvgIpc) is 2.27. The first-order chi connectivity index (χ1) is 8.67. The summed E-state index contributed by atoms with van der Waals surface area (Å²) in [6.07, 6.45) is 3.35. The van der Waals surface area contributed by atoms with E-state index in [9.17, 15) is 16.8 Å². The van der Waals surface area contributed by atoms with Crippen molar-refractivity contribution >= 4 is 20.2 Å². The van der Waals surface area contributed by atoms with E-state index >= 15 is 0 Å². The van der Waals surface area contributed by atoms with Gasteiger partial charge in [0.25, 0.3) is 20.2 Å². The zero-order valence-electron chi connectivity index (χ0n) is 10.5. The summed E-state index contributed by atoms with van der Waals surface area (Å²) in [7, 11) is -7.23. The molecule has 0 spiro atoms. The molecular weight excluding hydrogens is 294 g/mol. The SMILES string of the molecule is CS(=O)(=O)OCC(COS(C)(=O)=O)c1ccccn1. The maximum atomic E-state index is 11.0. The van der Waals surface area contributed by atoms with Gasteiger partial charge in [0.2, 0.25) is 0 Å². The fourth-order valence-electron chi connectivity index (χ4n) is 1.25. The quantitative estimate of drug-likeness (QED) is 0.659. The van der Waals surface area contributed by atoms with Crippen LogP contribution in [0.1, 0.15) is 11.6 Å². The highest BCUT2D eigenvalue weighted by Crippen LogP contribution is 2.15. The van der Waals surface area contributed by atoms with Gasteiger partial charge in [-0.05, 0) is 12.1 Å². The van der Waals surface area contributed by atoms with Gasteiger partial charge in [-0.3, -0.25) is 13.4 Å². The number of nitrogens with zero attached hydrogens (tertiary/aromatic N) is 1. The van der Waals surface area contributed by atoms with Crippen LogP contribution in [0.4, 0.5) is 0 Å². The maximum Gasteiger partial charge on any atom is 0.264 e. The number of rotatable bonds is 7. The van der Waals surface area contributed by atoms with Crippen molar-refractivity contribution in [1.29, 1.82) is 0 Å². The summed E-state index contributed by atoms with van der Waals surface area (Å²) in [5.41, 5.74) is 0.495. The molecule has 0 saturated carbocycles. The molecule has 0 aliphatic heterocycles. The monoisotopic (exact) mass is 309 g/mol. The topological polar surface area (TPSA) is 99.6 Å². The van der Waals surface area contributed by atoms with Crippen LogP contribution < -0.4 is 0 Å². The van der Waals surface area contributed by atoms with Gasteiger partial charge >= 0.3 is 0 Å². The standard InChI is InChI=1S/C10H15NO6S2/c1-18(12,13)16-7-9(8-17-19(2,14)15)10-5-3-4-6-11-10/h3-6,9H,7-8H2,1-2H3. The number of aromatic nitrogens is 1. The summed E-state index contributed by atoms with van der Waals surface area (Å²) >= 11 is 0. The first-order valence-electron chi connectivity index (χ1n) is 5.27. The van der Waals surface area contributed by atoms with Crippen LogP contribution in [0.15, 0.2) is 24.4 Å². The molecular formula is C10H15NO6S2. The molecule has 1 aromatic heterocycles. The van der Waals surface area contributed by atoms with Crippen molar-refractivity contribution in [2.24, 2.45) is 0 Å². The Morgan fingerprint density at radius 1 is 1.05 bits per heavy atom. The normalized spacial score (nSPS) is 12.8. The van der Waals surface area contributed by atoms with Gasteiger partial charge in [0, 0.05) is 11.9 Å². The van der Waals surface area contributed by atoms with Crippen LogP contribution >= 0.6 is 0 Å². The predicted octanol–water partition coefficient (Wildman–Crippen LogP) is 0.118. The fraction of sp³-hybridized carbons (Fsp3) is 0.500. The average molecular weight is 309 g/mol. The van der Waals surface area contributed by atoms with Crippen molar-refractivity contribution in [3.8, 4) is 0 Å². The second-order valence-electron chi connectivity index (χ2n) is 3.93. The van der Waals surface area contributed by atoms with Crippen molar-refractivity contribution in [1.82, 2.24) is 4.98 Å². The minimum Gasteiger partial charge on any atom is -0.270 e. The zero-order chi connectivity index (χ0) is 14.5. The largest absolute Gasteiger partial charge is 0.270 e.